The second-order valence-electron chi connectivity index (χ2n) is 4.79. The van der Waals surface area contributed by atoms with Gasteiger partial charge >= 0.3 is 5.97 Å². The van der Waals surface area contributed by atoms with E-state index in [2.05, 4.69) is 18.0 Å². The van der Waals surface area contributed by atoms with Gasteiger partial charge in [0.25, 0.3) is 0 Å². The molecule has 17 heavy (non-hydrogen) atoms. The molecule has 1 aromatic heterocycles. The second-order valence-corrected chi connectivity index (χ2v) is 4.79. The van der Waals surface area contributed by atoms with Gasteiger partial charge in [0, 0.05) is 11.9 Å². The quantitative estimate of drug-likeness (QED) is 0.753. The lowest BCUT2D eigenvalue weighted by molar-refractivity contribution is -0.143. The monoisotopic (exact) mass is 233 g/mol. The molecule has 1 aliphatic rings. The maximum atomic E-state index is 11.6. The molecule has 1 aromatic rings. The van der Waals surface area contributed by atoms with Crippen molar-refractivity contribution in [3.63, 3.8) is 0 Å². The summed E-state index contributed by atoms with van der Waals surface area (Å²) in [5.74, 6) is 0.778. The average Bonchev–Trinajstić information content (AvgIpc) is 2.29. The lowest BCUT2D eigenvalue weighted by atomic mass is 9.78. The number of hydrogen-bond donors (Lipinski definition) is 0. The fourth-order valence-corrected chi connectivity index (χ4v) is 2.63. The Bertz CT molecular complexity index is 403. The molecule has 1 heterocycles. The number of esters is 1. The zero-order valence-electron chi connectivity index (χ0n) is 10.5. The first-order valence-corrected chi connectivity index (χ1v) is 6.30. The van der Waals surface area contributed by atoms with E-state index in [4.69, 9.17) is 4.74 Å². The first-order chi connectivity index (χ1) is 8.20. The summed E-state index contributed by atoms with van der Waals surface area (Å²) in [6.07, 6.45) is 4.39. The highest BCUT2D eigenvalue weighted by atomic mass is 16.5. The molecule has 0 saturated carbocycles. The van der Waals surface area contributed by atoms with Crippen LogP contribution in [0.3, 0.4) is 0 Å². The maximum Gasteiger partial charge on any atom is 0.306 e. The summed E-state index contributed by atoms with van der Waals surface area (Å²) in [5, 5.41) is 0. The summed E-state index contributed by atoms with van der Waals surface area (Å²) in [6.45, 7) is 4.52. The van der Waals surface area contributed by atoms with E-state index in [1.165, 1.54) is 5.56 Å². The van der Waals surface area contributed by atoms with Crippen molar-refractivity contribution in [2.75, 3.05) is 6.61 Å². The normalized spacial score (nSPS) is 22.9. The van der Waals surface area contributed by atoms with Crippen molar-refractivity contribution >= 4 is 5.97 Å². The van der Waals surface area contributed by atoms with E-state index in [-0.39, 0.29) is 11.9 Å². The number of aromatic nitrogens is 1. The molecule has 0 fully saturated rings. The van der Waals surface area contributed by atoms with Crippen molar-refractivity contribution in [3.8, 4) is 0 Å². The van der Waals surface area contributed by atoms with Crippen LogP contribution in [-0.2, 0) is 16.0 Å². The van der Waals surface area contributed by atoms with Gasteiger partial charge in [-0.2, -0.15) is 0 Å². The molecular formula is C14H19NO2. The molecule has 0 saturated heterocycles. The van der Waals surface area contributed by atoms with Gasteiger partial charge in [-0.15, -0.1) is 0 Å². The molecule has 0 aliphatic heterocycles. The molecule has 3 heteroatoms. The van der Waals surface area contributed by atoms with Gasteiger partial charge in [0.2, 0.25) is 0 Å². The summed E-state index contributed by atoms with van der Waals surface area (Å²) in [7, 11) is 0. The Hall–Kier alpha value is -1.38. The first kappa shape index (κ1) is 12.1. The topological polar surface area (TPSA) is 39.2 Å². The van der Waals surface area contributed by atoms with Gasteiger partial charge in [-0.05, 0) is 43.2 Å². The minimum absolute atomic E-state index is 0.0959. The van der Waals surface area contributed by atoms with Crippen molar-refractivity contribution in [2.24, 2.45) is 5.92 Å². The Morgan fingerprint density at radius 3 is 3.18 bits per heavy atom. The zero-order chi connectivity index (χ0) is 12.3. The Balaban J connectivity index is 2.15. The third kappa shape index (κ3) is 2.84. The fourth-order valence-electron chi connectivity index (χ4n) is 2.63. The van der Waals surface area contributed by atoms with Gasteiger partial charge in [0.1, 0.15) is 0 Å². The third-order valence-corrected chi connectivity index (χ3v) is 3.31. The van der Waals surface area contributed by atoms with Crippen LogP contribution in [0.1, 0.15) is 43.9 Å². The Morgan fingerprint density at radius 1 is 1.59 bits per heavy atom. The number of carbonyl (C=O) groups is 1. The van der Waals surface area contributed by atoms with Crippen molar-refractivity contribution in [2.45, 2.75) is 39.0 Å². The molecule has 1 aliphatic carbocycles. The highest BCUT2D eigenvalue weighted by Gasteiger charge is 2.27. The molecule has 2 atom stereocenters. The molecule has 3 nitrogen and oxygen atoms in total. The van der Waals surface area contributed by atoms with Crippen LogP contribution >= 0.6 is 0 Å². The molecule has 0 aromatic carbocycles. The Labute approximate surface area is 102 Å². The zero-order valence-corrected chi connectivity index (χ0v) is 10.5. The summed E-state index contributed by atoms with van der Waals surface area (Å²) < 4.78 is 5.04. The van der Waals surface area contributed by atoms with Crippen molar-refractivity contribution in [1.29, 1.82) is 0 Å². The third-order valence-electron chi connectivity index (χ3n) is 3.31. The molecule has 92 valence electrons. The van der Waals surface area contributed by atoms with Gasteiger partial charge in [-0.25, -0.2) is 0 Å². The Morgan fingerprint density at radius 2 is 2.41 bits per heavy atom. The van der Waals surface area contributed by atoms with Gasteiger partial charge in [-0.3, -0.25) is 9.78 Å². The number of pyridine rings is 1. The molecule has 0 bridgehead atoms. The van der Waals surface area contributed by atoms with E-state index in [0.717, 1.165) is 18.5 Å². The van der Waals surface area contributed by atoms with E-state index < -0.39 is 0 Å². The number of hydrogen-bond acceptors (Lipinski definition) is 3. The SMILES string of the molecule is CCOC(=O)C[C@H]1C[C@@H](C)Cc2ncccc21. The predicted octanol–water partition coefficient (Wildman–Crippen LogP) is 2.70. The molecule has 0 unspecified atom stereocenters. The minimum Gasteiger partial charge on any atom is -0.466 e. The van der Waals surface area contributed by atoms with Crippen LogP contribution in [-0.4, -0.2) is 17.6 Å². The van der Waals surface area contributed by atoms with Gasteiger partial charge in [-0.1, -0.05) is 13.0 Å². The fraction of sp³-hybridized carbons (Fsp3) is 0.571. The van der Waals surface area contributed by atoms with Gasteiger partial charge < -0.3 is 4.74 Å². The van der Waals surface area contributed by atoms with Gasteiger partial charge in [0.05, 0.1) is 13.0 Å². The minimum atomic E-state index is -0.0959. The van der Waals surface area contributed by atoms with E-state index >= 15 is 0 Å². The molecule has 0 radical (unpaired) electrons. The summed E-state index contributed by atoms with van der Waals surface area (Å²) >= 11 is 0. The van der Waals surface area contributed by atoms with Crippen LogP contribution in [0.15, 0.2) is 18.3 Å². The van der Waals surface area contributed by atoms with Gasteiger partial charge in [0.15, 0.2) is 0 Å². The highest BCUT2D eigenvalue weighted by molar-refractivity contribution is 5.70. The van der Waals surface area contributed by atoms with E-state index in [0.29, 0.717) is 18.9 Å². The summed E-state index contributed by atoms with van der Waals surface area (Å²) in [6, 6.07) is 4.05. The van der Waals surface area contributed by atoms with E-state index in [9.17, 15) is 4.79 Å². The van der Waals surface area contributed by atoms with Crippen molar-refractivity contribution < 1.29 is 9.53 Å². The second kappa shape index (κ2) is 5.30. The average molecular weight is 233 g/mol. The standard InChI is InChI=1S/C14H19NO2/c1-3-17-14(16)9-11-7-10(2)8-13-12(11)5-4-6-15-13/h4-6,10-11H,3,7-9H2,1-2H3/t10-,11-/m1/s1. The molecular weight excluding hydrogens is 214 g/mol. The molecule has 2 rings (SSSR count). The highest BCUT2D eigenvalue weighted by Crippen LogP contribution is 2.35. The van der Waals surface area contributed by atoms with Crippen LogP contribution in [0.4, 0.5) is 0 Å². The van der Waals surface area contributed by atoms with Crippen molar-refractivity contribution in [1.82, 2.24) is 4.98 Å². The van der Waals surface area contributed by atoms with Crippen molar-refractivity contribution in [3.05, 3.63) is 29.6 Å². The Kier molecular flexibility index (Phi) is 3.77. The van der Waals surface area contributed by atoms with Crippen LogP contribution in [0.25, 0.3) is 0 Å². The van der Waals surface area contributed by atoms with Crippen LogP contribution in [0.2, 0.25) is 0 Å². The molecule has 0 amide bonds. The number of ether oxygens (including phenoxy) is 1. The lowest BCUT2D eigenvalue weighted by Gasteiger charge is -2.28. The number of carbonyl (C=O) groups excluding carboxylic acids is 1. The number of rotatable bonds is 3. The first-order valence-electron chi connectivity index (χ1n) is 6.30. The summed E-state index contributed by atoms with van der Waals surface area (Å²) in [4.78, 5) is 16.0. The van der Waals surface area contributed by atoms with Crippen LogP contribution in [0, 0.1) is 5.92 Å². The van der Waals surface area contributed by atoms with E-state index in [1.54, 1.807) is 0 Å². The van der Waals surface area contributed by atoms with Crippen LogP contribution < -0.4 is 0 Å². The molecule has 0 N–H and O–H groups in total. The number of fused-ring (bicyclic) bond motifs is 1. The predicted molar refractivity (Wildman–Crippen MR) is 65.7 cm³/mol. The lowest BCUT2D eigenvalue weighted by Crippen LogP contribution is -2.21. The van der Waals surface area contributed by atoms with Crippen LogP contribution in [0.5, 0.6) is 0 Å². The number of nitrogens with zero attached hydrogens (tertiary/aromatic N) is 1. The van der Waals surface area contributed by atoms with E-state index in [1.807, 2.05) is 19.2 Å². The largest absolute Gasteiger partial charge is 0.466 e. The smallest absolute Gasteiger partial charge is 0.306 e. The molecule has 0 spiro atoms. The maximum absolute atomic E-state index is 11.6. The summed E-state index contributed by atoms with van der Waals surface area (Å²) in [5.41, 5.74) is 2.39.